The number of hydrogen-bond donors (Lipinski definition) is 1. The molecule has 3 rings (SSSR count). The summed E-state index contributed by atoms with van der Waals surface area (Å²) in [6.45, 7) is 0. The Morgan fingerprint density at radius 2 is 2.07 bits per heavy atom. The first-order valence-electron chi connectivity index (χ1n) is 8.79. The molecule has 0 bridgehead atoms. The number of carbonyl (C=O) groups excluding carboxylic acids is 2. The van der Waals surface area contributed by atoms with E-state index in [-0.39, 0.29) is 6.10 Å². The summed E-state index contributed by atoms with van der Waals surface area (Å²) in [5.74, 6) is 1.32. The zero-order chi connectivity index (χ0) is 19.1. The van der Waals surface area contributed by atoms with Crippen molar-refractivity contribution in [3.63, 3.8) is 0 Å². The number of hydrogen-bond acceptors (Lipinski definition) is 6. The van der Waals surface area contributed by atoms with Crippen molar-refractivity contribution in [1.29, 1.82) is 0 Å². The van der Waals surface area contributed by atoms with Gasteiger partial charge < -0.3 is 14.8 Å². The lowest BCUT2D eigenvalue weighted by Crippen LogP contribution is -2.43. The van der Waals surface area contributed by atoms with E-state index in [1.54, 1.807) is 18.3 Å². The predicted octanol–water partition coefficient (Wildman–Crippen LogP) is 2.48. The largest absolute Gasteiger partial charge is 0.473 e. The number of ether oxygens (including phenoxy) is 2. The summed E-state index contributed by atoms with van der Waals surface area (Å²) in [5.41, 5.74) is 1.25. The van der Waals surface area contributed by atoms with Gasteiger partial charge in [0.1, 0.15) is 17.7 Å². The second kappa shape index (κ2) is 9.41. The Morgan fingerprint density at radius 3 is 2.78 bits per heavy atom. The molecule has 142 valence electrons. The average Bonchev–Trinajstić information content (AvgIpc) is 3.21. The molecular weight excluding hydrogens is 364 g/mol. The molecule has 2 unspecified atom stereocenters. The molecule has 0 saturated carbocycles. The lowest BCUT2D eigenvalue weighted by molar-refractivity contribution is -0.142. The van der Waals surface area contributed by atoms with E-state index >= 15 is 0 Å². The quantitative estimate of drug-likeness (QED) is 0.737. The Balaban J connectivity index is 1.74. The van der Waals surface area contributed by atoms with Gasteiger partial charge >= 0.3 is 5.97 Å². The minimum atomic E-state index is -0.792. The fourth-order valence-corrected chi connectivity index (χ4v) is 3.94. The number of nitrogens with one attached hydrogen (secondary N) is 1. The molecular formula is C20H22N2O4S. The van der Waals surface area contributed by atoms with Crippen LogP contribution in [0.2, 0.25) is 0 Å². The monoisotopic (exact) mass is 386 g/mol. The number of thioether (sulfide) groups is 1. The molecule has 2 atom stereocenters. The SMILES string of the molecule is COC(=O)C(Cc1ccccc1)NC(=O)c1cccnc1OC1CCSC1. The number of esters is 1. The summed E-state index contributed by atoms with van der Waals surface area (Å²) in [5, 5.41) is 2.76. The molecule has 1 N–H and O–H groups in total. The predicted molar refractivity (Wildman–Crippen MR) is 104 cm³/mol. The Kier molecular flexibility index (Phi) is 6.70. The highest BCUT2D eigenvalue weighted by atomic mass is 32.2. The zero-order valence-corrected chi connectivity index (χ0v) is 15.9. The first-order valence-corrected chi connectivity index (χ1v) is 9.95. The van der Waals surface area contributed by atoms with Gasteiger partial charge in [0.2, 0.25) is 5.88 Å². The number of amides is 1. The van der Waals surface area contributed by atoms with E-state index in [9.17, 15) is 9.59 Å². The molecule has 1 fully saturated rings. The van der Waals surface area contributed by atoms with Crippen LogP contribution in [0.1, 0.15) is 22.3 Å². The van der Waals surface area contributed by atoms with Crippen LogP contribution in [0.4, 0.5) is 0 Å². The minimum Gasteiger partial charge on any atom is -0.473 e. The number of rotatable bonds is 7. The summed E-state index contributed by atoms with van der Waals surface area (Å²) >= 11 is 1.82. The molecule has 6 nitrogen and oxygen atoms in total. The number of aromatic nitrogens is 1. The van der Waals surface area contributed by atoms with Crippen molar-refractivity contribution in [1.82, 2.24) is 10.3 Å². The third-order valence-electron chi connectivity index (χ3n) is 4.26. The molecule has 1 saturated heterocycles. The van der Waals surface area contributed by atoms with Crippen molar-refractivity contribution >= 4 is 23.6 Å². The fraction of sp³-hybridized carbons (Fsp3) is 0.350. The van der Waals surface area contributed by atoms with Gasteiger partial charge in [-0.15, -0.1) is 0 Å². The van der Waals surface area contributed by atoms with Crippen LogP contribution in [0, 0.1) is 0 Å². The van der Waals surface area contributed by atoms with Gasteiger partial charge in [-0.25, -0.2) is 9.78 Å². The van der Waals surface area contributed by atoms with Crippen LogP contribution in [-0.2, 0) is 16.0 Å². The maximum atomic E-state index is 12.8. The maximum absolute atomic E-state index is 12.8. The molecule has 2 heterocycles. The van der Waals surface area contributed by atoms with Crippen LogP contribution in [0.15, 0.2) is 48.7 Å². The molecule has 7 heteroatoms. The fourth-order valence-electron chi connectivity index (χ4n) is 2.84. The molecule has 27 heavy (non-hydrogen) atoms. The molecule has 1 aliphatic rings. The molecule has 1 aromatic carbocycles. The molecule has 0 aliphatic carbocycles. The summed E-state index contributed by atoms with van der Waals surface area (Å²) in [7, 11) is 1.31. The lowest BCUT2D eigenvalue weighted by atomic mass is 10.1. The van der Waals surface area contributed by atoms with Crippen LogP contribution in [0.5, 0.6) is 5.88 Å². The van der Waals surface area contributed by atoms with Crippen LogP contribution >= 0.6 is 11.8 Å². The normalized spacial score (nSPS) is 17.1. The molecule has 0 radical (unpaired) electrons. The van der Waals surface area contributed by atoms with Gasteiger partial charge in [-0.2, -0.15) is 11.8 Å². The van der Waals surface area contributed by atoms with Crippen LogP contribution < -0.4 is 10.1 Å². The van der Waals surface area contributed by atoms with Gasteiger partial charge in [-0.3, -0.25) is 4.79 Å². The van der Waals surface area contributed by atoms with E-state index in [0.29, 0.717) is 17.9 Å². The van der Waals surface area contributed by atoms with Crippen molar-refractivity contribution in [3.8, 4) is 5.88 Å². The second-order valence-electron chi connectivity index (χ2n) is 6.20. The third-order valence-corrected chi connectivity index (χ3v) is 5.39. The Hall–Kier alpha value is -2.54. The molecule has 0 spiro atoms. The van der Waals surface area contributed by atoms with E-state index in [2.05, 4.69) is 10.3 Å². The van der Waals surface area contributed by atoms with Crippen LogP contribution in [0.3, 0.4) is 0 Å². The standard InChI is InChI=1S/C20H22N2O4S/c1-25-20(24)17(12-14-6-3-2-4-7-14)22-18(23)16-8-5-10-21-19(16)26-15-9-11-27-13-15/h2-8,10,15,17H,9,11-13H2,1H3,(H,22,23). The summed E-state index contributed by atoms with van der Waals surface area (Å²) in [4.78, 5) is 29.2. The Bertz CT molecular complexity index is 779. The van der Waals surface area contributed by atoms with E-state index < -0.39 is 17.9 Å². The van der Waals surface area contributed by atoms with Crippen LogP contribution in [-0.4, -0.2) is 47.6 Å². The molecule has 1 aromatic heterocycles. The average molecular weight is 386 g/mol. The minimum absolute atomic E-state index is 0.0529. The second-order valence-corrected chi connectivity index (χ2v) is 7.35. The first-order chi connectivity index (χ1) is 13.2. The number of nitrogens with zero attached hydrogens (tertiary/aromatic N) is 1. The van der Waals surface area contributed by atoms with Gasteiger partial charge in [-0.1, -0.05) is 30.3 Å². The van der Waals surface area contributed by atoms with E-state index in [1.165, 1.54) is 7.11 Å². The van der Waals surface area contributed by atoms with E-state index in [0.717, 1.165) is 23.5 Å². The first kappa shape index (κ1) is 19.2. The zero-order valence-electron chi connectivity index (χ0n) is 15.1. The smallest absolute Gasteiger partial charge is 0.328 e. The molecule has 1 amide bonds. The van der Waals surface area contributed by atoms with E-state index in [1.807, 2.05) is 42.1 Å². The number of carbonyl (C=O) groups is 2. The van der Waals surface area contributed by atoms with Crippen LogP contribution in [0.25, 0.3) is 0 Å². The summed E-state index contributed by atoms with van der Waals surface area (Å²) < 4.78 is 10.8. The highest BCUT2D eigenvalue weighted by molar-refractivity contribution is 7.99. The Morgan fingerprint density at radius 1 is 1.26 bits per heavy atom. The third kappa shape index (κ3) is 5.23. The molecule has 2 aromatic rings. The highest BCUT2D eigenvalue weighted by Crippen LogP contribution is 2.24. The van der Waals surface area contributed by atoms with Crippen molar-refractivity contribution in [2.75, 3.05) is 18.6 Å². The van der Waals surface area contributed by atoms with Crippen molar-refractivity contribution in [2.24, 2.45) is 0 Å². The molecule has 1 aliphatic heterocycles. The van der Waals surface area contributed by atoms with Crippen molar-refractivity contribution in [3.05, 3.63) is 59.8 Å². The highest BCUT2D eigenvalue weighted by Gasteiger charge is 2.26. The van der Waals surface area contributed by atoms with Crippen molar-refractivity contribution in [2.45, 2.75) is 25.0 Å². The topological polar surface area (TPSA) is 77.5 Å². The lowest BCUT2D eigenvalue weighted by Gasteiger charge is -2.18. The van der Waals surface area contributed by atoms with Gasteiger partial charge in [0, 0.05) is 18.4 Å². The summed E-state index contributed by atoms with van der Waals surface area (Å²) in [6, 6.07) is 12.0. The van der Waals surface area contributed by atoms with Gasteiger partial charge in [0.25, 0.3) is 5.91 Å². The van der Waals surface area contributed by atoms with E-state index in [4.69, 9.17) is 9.47 Å². The number of methoxy groups -OCH3 is 1. The number of pyridine rings is 1. The van der Waals surface area contributed by atoms with Gasteiger partial charge in [0.15, 0.2) is 0 Å². The van der Waals surface area contributed by atoms with Gasteiger partial charge in [-0.05, 0) is 29.9 Å². The Labute approximate surface area is 162 Å². The number of benzene rings is 1. The summed E-state index contributed by atoms with van der Waals surface area (Å²) in [6.07, 6.45) is 2.92. The van der Waals surface area contributed by atoms with Crippen molar-refractivity contribution < 1.29 is 19.1 Å². The maximum Gasteiger partial charge on any atom is 0.328 e. The van der Waals surface area contributed by atoms with Gasteiger partial charge in [0.05, 0.1) is 7.11 Å².